The Labute approximate surface area is 138 Å². The van der Waals surface area contributed by atoms with Gasteiger partial charge in [-0.05, 0) is 32.1 Å². The molecule has 5 nitrogen and oxygen atoms in total. The van der Waals surface area contributed by atoms with E-state index in [0.29, 0.717) is 28.9 Å². The van der Waals surface area contributed by atoms with Gasteiger partial charge in [-0.2, -0.15) is 0 Å². The lowest BCUT2D eigenvalue weighted by atomic mass is 9.46. The van der Waals surface area contributed by atoms with Gasteiger partial charge in [0.05, 0.1) is 12.7 Å². The van der Waals surface area contributed by atoms with Crippen LogP contribution in [0, 0.1) is 16.7 Å². The molecule has 0 bridgehead atoms. The summed E-state index contributed by atoms with van der Waals surface area (Å²) in [7, 11) is 1.94. The molecule has 0 amide bonds. The summed E-state index contributed by atoms with van der Waals surface area (Å²) in [6.07, 6.45) is 8.25. The van der Waals surface area contributed by atoms with E-state index < -0.39 is 0 Å². The molecule has 5 rings (SSSR count). The van der Waals surface area contributed by atoms with Gasteiger partial charge in [-0.3, -0.25) is 4.99 Å². The third kappa shape index (κ3) is 1.95. The molecule has 0 aromatic carbocycles. The molecule has 23 heavy (non-hydrogen) atoms. The topological polar surface area (TPSA) is 46.1 Å². The number of rotatable bonds is 1. The van der Waals surface area contributed by atoms with Crippen LogP contribution in [0.2, 0.25) is 0 Å². The fourth-order valence-corrected chi connectivity index (χ4v) is 5.98. The molecule has 5 heteroatoms. The lowest BCUT2D eigenvalue weighted by Crippen LogP contribution is -2.72. The average Bonchev–Trinajstić information content (AvgIpc) is 3.22. The zero-order valence-electron chi connectivity index (χ0n) is 14.2. The minimum atomic E-state index is 0.393. The Bertz CT molecular complexity index is 510. The summed E-state index contributed by atoms with van der Waals surface area (Å²) >= 11 is 0. The lowest BCUT2D eigenvalue weighted by Gasteiger charge is -2.63. The standard InChI is InChI=1S/C18H29N3O2/c1-19-16(21-8-6-17(11-21)7-10-22-12-17)20-14-13-3-9-23-15(13)18(14)4-2-5-18/h13-15H,2-12H2,1H3,(H,19,20). The molecule has 4 atom stereocenters. The Hall–Kier alpha value is -0.810. The number of ether oxygens (including phenoxy) is 2. The van der Waals surface area contributed by atoms with Gasteiger partial charge in [0.15, 0.2) is 5.96 Å². The third-order valence-electron chi connectivity index (χ3n) is 7.46. The van der Waals surface area contributed by atoms with Crippen LogP contribution in [0.1, 0.15) is 38.5 Å². The highest BCUT2D eigenvalue weighted by Gasteiger charge is 2.67. The summed E-state index contributed by atoms with van der Waals surface area (Å²) < 4.78 is 11.7. The summed E-state index contributed by atoms with van der Waals surface area (Å²) in [5.74, 6) is 1.83. The van der Waals surface area contributed by atoms with Gasteiger partial charge >= 0.3 is 0 Å². The van der Waals surface area contributed by atoms with Gasteiger partial charge in [-0.1, -0.05) is 6.42 Å². The first-order chi connectivity index (χ1) is 11.3. The van der Waals surface area contributed by atoms with E-state index in [1.165, 1.54) is 38.5 Å². The minimum absolute atomic E-state index is 0.393. The smallest absolute Gasteiger partial charge is 0.193 e. The zero-order chi connectivity index (χ0) is 15.5. The predicted molar refractivity (Wildman–Crippen MR) is 88.5 cm³/mol. The summed E-state index contributed by atoms with van der Waals surface area (Å²) in [4.78, 5) is 7.11. The van der Waals surface area contributed by atoms with Gasteiger partial charge in [-0.25, -0.2) is 0 Å². The maximum atomic E-state index is 6.05. The normalized spacial score (nSPS) is 44.5. The van der Waals surface area contributed by atoms with Crippen LogP contribution in [0.3, 0.4) is 0 Å². The maximum Gasteiger partial charge on any atom is 0.193 e. The van der Waals surface area contributed by atoms with Crippen molar-refractivity contribution in [2.24, 2.45) is 21.7 Å². The van der Waals surface area contributed by atoms with Crippen molar-refractivity contribution in [2.75, 3.05) is 40.0 Å². The van der Waals surface area contributed by atoms with Crippen molar-refractivity contribution in [3.63, 3.8) is 0 Å². The molecule has 2 aliphatic carbocycles. The van der Waals surface area contributed by atoms with Crippen molar-refractivity contribution in [2.45, 2.75) is 50.7 Å². The number of hydrogen-bond donors (Lipinski definition) is 1. The maximum absolute atomic E-state index is 6.05. The number of guanidine groups is 1. The van der Waals surface area contributed by atoms with Crippen molar-refractivity contribution in [3.05, 3.63) is 0 Å². The monoisotopic (exact) mass is 319 g/mol. The second-order valence-electron chi connectivity index (χ2n) is 8.47. The third-order valence-corrected chi connectivity index (χ3v) is 7.46. The number of nitrogens with zero attached hydrogens (tertiary/aromatic N) is 2. The van der Waals surface area contributed by atoms with Crippen LogP contribution < -0.4 is 5.32 Å². The molecule has 0 aromatic heterocycles. The molecule has 5 fully saturated rings. The van der Waals surface area contributed by atoms with Crippen LogP contribution in [0.25, 0.3) is 0 Å². The summed E-state index contributed by atoms with van der Waals surface area (Å²) in [6.45, 7) is 5.06. The molecule has 3 saturated heterocycles. The molecule has 0 radical (unpaired) electrons. The molecule has 4 unspecified atom stereocenters. The van der Waals surface area contributed by atoms with Crippen LogP contribution in [0.4, 0.5) is 0 Å². The van der Waals surface area contributed by atoms with Crippen molar-refractivity contribution in [1.29, 1.82) is 0 Å². The molecular weight excluding hydrogens is 290 g/mol. The Morgan fingerprint density at radius 3 is 2.83 bits per heavy atom. The van der Waals surface area contributed by atoms with Gasteiger partial charge < -0.3 is 19.7 Å². The first-order valence-corrected chi connectivity index (χ1v) is 9.44. The average molecular weight is 319 g/mol. The van der Waals surface area contributed by atoms with E-state index in [4.69, 9.17) is 9.47 Å². The van der Waals surface area contributed by atoms with Crippen molar-refractivity contribution in [3.8, 4) is 0 Å². The molecule has 3 heterocycles. The summed E-state index contributed by atoms with van der Waals surface area (Å²) in [6, 6.07) is 0.582. The van der Waals surface area contributed by atoms with E-state index in [2.05, 4.69) is 15.2 Å². The minimum Gasteiger partial charge on any atom is -0.381 e. The van der Waals surface area contributed by atoms with Gasteiger partial charge in [0.1, 0.15) is 0 Å². The van der Waals surface area contributed by atoms with E-state index in [-0.39, 0.29) is 0 Å². The van der Waals surface area contributed by atoms with Crippen LogP contribution in [0.5, 0.6) is 0 Å². The van der Waals surface area contributed by atoms with Gasteiger partial charge in [0.25, 0.3) is 0 Å². The van der Waals surface area contributed by atoms with Gasteiger partial charge in [-0.15, -0.1) is 0 Å². The molecule has 2 saturated carbocycles. The first-order valence-electron chi connectivity index (χ1n) is 9.44. The van der Waals surface area contributed by atoms with Gasteiger partial charge in [0, 0.05) is 56.1 Å². The highest BCUT2D eigenvalue weighted by molar-refractivity contribution is 5.81. The molecule has 0 aromatic rings. The van der Waals surface area contributed by atoms with E-state index in [1.807, 2.05) is 7.05 Å². The highest BCUT2D eigenvalue weighted by Crippen LogP contribution is 2.62. The van der Waals surface area contributed by atoms with Crippen molar-refractivity contribution >= 4 is 5.96 Å². The quantitative estimate of drug-likeness (QED) is 0.589. The molecule has 2 spiro atoms. The molecule has 5 aliphatic rings. The van der Waals surface area contributed by atoms with Crippen molar-refractivity contribution < 1.29 is 9.47 Å². The van der Waals surface area contributed by atoms with E-state index in [0.717, 1.165) is 38.9 Å². The van der Waals surface area contributed by atoms with Crippen LogP contribution in [0.15, 0.2) is 4.99 Å². The molecule has 128 valence electrons. The van der Waals surface area contributed by atoms with E-state index in [1.54, 1.807) is 0 Å². The van der Waals surface area contributed by atoms with Crippen LogP contribution in [-0.2, 0) is 9.47 Å². The molecule has 1 N–H and O–H groups in total. The Morgan fingerprint density at radius 1 is 1.22 bits per heavy atom. The molecular formula is C18H29N3O2. The van der Waals surface area contributed by atoms with Crippen LogP contribution in [-0.4, -0.2) is 63.0 Å². The number of fused-ring (bicyclic) bond motifs is 2. The number of likely N-dealkylation sites (tertiary alicyclic amines) is 1. The molecule has 3 aliphatic heterocycles. The van der Waals surface area contributed by atoms with E-state index in [9.17, 15) is 0 Å². The second kappa shape index (κ2) is 5.09. The largest absolute Gasteiger partial charge is 0.381 e. The fourth-order valence-electron chi connectivity index (χ4n) is 5.98. The highest BCUT2D eigenvalue weighted by atomic mass is 16.5. The fraction of sp³-hybridized carbons (Fsp3) is 0.944. The summed E-state index contributed by atoms with van der Waals surface area (Å²) in [5, 5.41) is 3.87. The van der Waals surface area contributed by atoms with Crippen LogP contribution >= 0.6 is 0 Å². The number of aliphatic imine (C=N–C) groups is 1. The number of nitrogens with one attached hydrogen (secondary N) is 1. The number of hydrogen-bond acceptors (Lipinski definition) is 3. The summed E-state index contributed by atoms with van der Waals surface area (Å²) in [5.41, 5.74) is 0.815. The van der Waals surface area contributed by atoms with Gasteiger partial charge in [0.2, 0.25) is 0 Å². The van der Waals surface area contributed by atoms with E-state index >= 15 is 0 Å². The Balaban J connectivity index is 1.29. The lowest BCUT2D eigenvalue weighted by molar-refractivity contribution is -0.171. The Kier molecular flexibility index (Phi) is 3.22. The first kappa shape index (κ1) is 14.5. The predicted octanol–water partition coefficient (Wildman–Crippen LogP) is 1.63. The SMILES string of the molecule is CN=C(NC1C2CCOC2C12CCC2)N1CCC2(CCOC2)C1. The van der Waals surface area contributed by atoms with Crippen molar-refractivity contribution in [1.82, 2.24) is 10.2 Å². The second-order valence-corrected chi connectivity index (χ2v) is 8.47. The Morgan fingerprint density at radius 2 is 2.13 bits per heavy atom. The zero-order valence-corrected chi connectivity index (χ0v) is 14.2.